The van der Waals surface area contributed by atoms with Crippen LogP contribution in [0.3, 0.4) is 0 Å². The number of benzene rings is 9. The molecule has 0 N–H and O–H groups in total. The molecule has 0 amide bonds. The lowest BCUT2D eigenvalue weighted by atomic mass is 9.43. The molecule has 9 aromatic carbocycles. The van der Waals surface area contributed by atoms with Gasteiger partial charge in [0.2, 0.25) is 0 Å². The van der Waals surface area contributed by atoms with Crippen LogP contribution >= 0.6 is 0 Å². The van der Waals surface area contributed by atoms with Gasteiger partial charge in [0.25, 0.3) is 0 Å². The minimum absolute atomic E-state index is 0.000708. The molecule has 6 heterocycles. The highest BCUT2D eigenvalue weighted by Gasteiger charge is 2.58. The van der Waals surface area contributed by atoms with Crippen molar-refractivity contribution < 1.29 is 13.9 Å². The highest BCUT2D eigenvalue weighted by atomic mass is 28.3. The SMILES string of the molecule is Cc1cc2c(cc1N1c3cc4c(cc3B3c5c1cc1c(oc6ccccc61)c5-c1cccc5c1N3c1ccccc1[Si]51c3ccccc3-c3ccccc31)Oc1ccccc1O4)C(C)(C)CCC2(C)C. The Balaban J connectivity index is 1.08. The Bertz CT molecular complexity index is 3990. The minimum atomic E-state index is -2.91. The van der Waals surface area contributed by atoms with E-state index in [2.05, 4.69) is 190 Å². The number of para-hydroxylation sites is 5. The van der Waals surface area contributed by atoms with Crippen molar-refractivity contribution in [3.05, 3.63) is 187 Å². The summed E-state index contributed by atoms with van der Waals surface area (Å²) in [6, 6.07) is 63.7. The van der Waals surface area contributed by atoms with Crippen LogP contribution in [0.5, 0.6) is 23.0 Å². The zero-order chi connectivity index (χ0) is 46.6. The van der Waals surface area contributed by atoms with Crippen LogP contribution in [0.1, 0.15) is 57.2 Å². The predicted molar refractivity (Wildman–Crippen MR) is 290 cm³/mol. The van der Waals surface area contributed by atoms with E-state index in [0.717, 1.165) is 57.2 Å². The summed E-state index contributed by atoms with van der Waals surface area (Å²) in [5.74, 6) is 2.86. The Morgan fingerprint density at radius 1 is 0.500 bits per heavy atom. The van der Waals surface area contributed by atoms with Crippen molar-refractivity contribution in [3.63, 3.8) is 0 Å². The largest absolute Gasteiger partial charge is 0.455 e. The molecule has 0 radical (unpaired) electrons. The Labute approximate surface area is 408 Å². The molecule has 0 saturated heterocycles. The van der Waals surface area contributed by atoms with Gasteiger partial charge in [-0.1, -0.05) is 149 Å². The number of hydrogen-bond donors (Lipinski definition) is 0. The second-order valence-electron chi connectivity index (χ2n) is 21.8. The van der Waals surface area contributed by atoms with E-state index in [9.17, 15) is 0 Å². The summed E-state index contributed by atoms with van der Waals surface area (Å²) >= 11 is 0. The number of nitrogens with zero attached hydrogens (tertiary/aromatic N) is 2. The Hall–Kier alpha value is -7.74. The van der Waals surface area contributed by atoms with Crippen LogP contribution in [0.4, 0.5) is 28.4 Å². The molecule has 5 aliphatic heterocycles. The quantitative estimate of drug-likeness (QED) is 0.153. The molecule has 1 aromatic heterocycles. The molecule has 10 aromatic rings. The van der Waals surface area contributed by atoms with Crippen LogP contribution < -0.4 is 50.9 Å². The Morgan fingerprint density at radius 2 is 1.10 bits per heavy atom. The first-order valence-corrected chi connectivity index (χ1v) is 26.9. The molecule has 0 fully saturated rings. The molecular weight excluding hydrogens is 872 g/mol. The van der Waals surface area contributed by atoms with Gasteiger partial charge in [0.1, 0.15) is 11.2 Å². The van der Waals surface area contributed by atoms with E-state index in [1.807, 2.05) is 24.3 Å². The number of hydrogen-bond acceptors (Lipinski definition) is 5. The molecule has 0 saturated carbocycles. The van der Waals surface area contributed by atoms with Crippen LogP contribution in [-0.4, -0.2) is 14.9 Å². The molecular formula is C63H47BN2O3Si. The Morgan fingerprint density at radius 3 is 1.84 bits per heavy atom. The zero-order valence-corrected chi connectivity index (χ0v) is 40.8. The van der Waals surface area contributed by atoms with Gasteiger partial charge in [0.05, 0.1) is 0 Å². The standard InChI is InChI=1S/C63H47BN2O3Si/c1-36-31-42-43(63(4,5)30-29-62(42,2)3)33-46(36)65-47-35-53-52(67-50-23-11-12-24-51(50)68-53)34-44(47)64-59-48(65)32-41-37-17-6-10-22-49(37)69-61(41)58(59)40-20-16-28-57-60(40)66(64)45-21-9-15-27-56(45)70(57)54-25-13-7-18-38(54)39-19-8-14-26-55(39)70/h6-28,31-35H,29-30H2,1-5H3. The number of aryl methyl sites for hydroxylation is 1. The van der Waals surface area contributed by atoms with Crippen molar-refractivity contribution in [2.45, 2.75) is 58.3 Å². The van der Waals surface area contributed by atoms with Gasteiger partial charge in [-0.3, -0.25) is 0 Å². The van der Waals surface area contributed by atoms with Crippen LogP contribution in [0.2, 0.25) is 0 Å². The summed E-state index contributed by atoms with van der Waals surface area (Å²) in [7, 11) is -2.91. The van der Waals surface area contributed by atoms with Crippen molar-refractivity contribution in [2.75, 3.05) is 9.71 Å². The lowest BCUT2D eigenvalue weighted by Crippen LogP contribution is -2.78. The fourth-order valence-corrected chi connectivity index (χ4v) is 19.6. The predicted octanol–water partition coefficient (Wildman–Crippen LogP) is 12.5. The van der Waals surface area contributed by atoms with Crippen molar-refractivity contribution in [1.29, 1.82) is 0 Å². The van der Waals surface area contributed by atoms with Gasteiger partial charge in [0, 0.05) is 56.4 Å². The van der Waals surface area contributed by atoms with E-state index < -0.39 is 8.07 Å². The van der Waals surface area contributed by atoms with Gasteiger partial charge in [-0.15, -0.1) is 0 Å². The van der Waals surface area contributed by atoms with E-state index in [1.165, 1.54) is 76.7 Å². The Kier molecular flexibility index (Phi) is 7.33. The number of fused-ring (bicyclic) bond motifs is 20. The maximum absolute atomic E-state index is 7.24. The fraction of sp³-hybridized carbons (Fsp3) is 0.143. The van der Waals surface area contributed by atoms with E-state index in [-0.39, 0.29) is 17.7 Å². The van der Waals surface area contributed by atoms with Gasteiger partial charge in [-0.25, -0.2) is 0 Å². The summed E-state index contributed by atoms with van der Waals surface area (Å²) in [6.07, 6.45) is 2.28. The van der Waals surface area contributed by atoms with Crippen molar-refractivity contribution in [3.8, 4) is 45.3 Å². The molecule has 334 valence electrons. The first kappa shape index (κ1) is 39.1. The van der Waals surface area contributed by atoms with Crippen LogP contribution in [0.25, 0.3) is 44.2 Å². The molecule has 7 heteroatoms. The molecule has 1 aliphatic carbocycles. The van der Waals surface area contributed by atoms with E-state index in [0.29, 0.717) is 23.0 Å². The number of furan rings is 1. The topological polar surface area (TPSA) is 38.1 Å². The number of rotatable bonds is 1. The van der Waals surface area contributed by atoms with E-state index >= 15 is 0 Å². The maximum Gasteiger partial charge on any atom is 0.333 e. The minimum Gasteiger partial charge on any atom is -0.455 e. The smallest absolute Gasteiger partial charge is 0.333 e. The first-order chi connectivity index (χ1) is 34.1. The third-order valence-corrected chi connectivity index (χ3v) is 22.2. The average Bonchev–Trinajstić information content (AvgIpc) is 3.90. The van der Waals surface area contributed by atoms with Gasteiger partial charge in [-0.2, -0.15) is 0 Å². The summed E-state index contributed by atoms with van der Waals surface area (Å²) in [6.45, 7) is 11.8. The first-order valence-electron chi connectivity index (χ1n) is 24.9. The molecule has 16 rings (SSSR count). The molecule has 0 bridgehead atoms. The lowest BCUT2D eigenvalue weighted by molar-refractivity contribution is 0.332. The van der Waals surface area contributed by atoms with Crippen molar-refractivity contribution >= 4 is 97.0 Å². The van der Waals surface area contributed by atoms with Crippen LogP contribution in [-0.2, 0) is 10.8 Å². The maximum atomic E-state index is 7.24. The second-order valence-corrected chi connectivity index (χ2v) is 25.4. The monoisotopic (exact) mass is 918 g/mol. The van der Waals surface area contributed by atoms with E-state index in [1.54, 1.807) is 0 Å². The second kappa shape index (κ2) is 13.1. The highest BCUT2D eigenvalue weighted by molar-refractivity contribution is 7.24. The molecule has 5 nitrogen and oxygen atoms in total. The molecule has 1 spiro atoms. The lowest BCUT2D eigenvalue weighted by Gasteiger charge is -2.52. The highest BCUT2D eigenvalue weighted by Crippen LogP contribution is 2.56. The fourth-order valence-electron chi connectivity index (χ4n) is 14.0. The van der Waals surface area contributed by atoms with E-state index in [4.69, 9.17) is 13.9 Å². The summed E-state index contributed by atoms with van der Waals surface area (Å²) in [5, 5.41) is 7.96. The zero-order valence-electron chi connectivity index (χ0n) is 39.8. The van der Waals surface area contributed by atoms with Gasteiger partial charge < -0.3 is 23.6 Å². The third kappa shape index (κ3) is 4.70. The normalized spacial score (nSPS) is 17.0. The average molecular weight is 919 g/mol. The van der Waals surface area contributed by atoms with Gasteiger partial charge in [0.15, 0.2) is 31.1 Å². The van der Waals surface area contributed by atoms with Crippen LogP contribution in [0.15, 0.2) is 174 Å². The van der Waals surface area contributed by atoms with Crippen molar-refractivity contribution in [1.82, 2.24) is 0 Å². The number of ether oxygens (including phenoxy) is 2. The van der Waals surface area contributed by atoms with Crippen molar-refractivity contribution in [2.24, 2.45) is 0 Å². The summed E-state index contributed by atoms with van der Waals surface area (Å²) < 4.78 is 21.0. The van der Waals surface area contributed by atoms with Crippen LogP contribution in [0, 0.1) is 6.92 Å². The molecule has 70 heavy (non-hydrogen) atoms. The molecule has 0 unspecified atom stereocenters. The molecule has 0 atom stereocenters. The number of anilines is 5. The summed E-state index contributed by atoms with van der Waals surface area (Å²) in [5.41, 5.74) is 19.4. The van der Waals surface area contributed by atoms with Gasteiger partial charge >= 0.3 is 6.85 Å². The third-order valence-electron chi connectivity index (χ3n) is 17.3. The molecule has 6 aliphatic rings. The summed E-state index contributed by atoms with van der Waals surface area (Å²) in [4.78, 5) is 5.29. The van der Waals surface area contributed by atoms with Gasteiger partial charge in [-0.05, 0) is 133 Å².